The number of nitrogens with zero attached hydrogens (tertiary/aromatic N) is 2. The standard InChI is InChI=1S/C14H19ClN2O3S/c1-16(10-4-2-5-10)14(18)13-8-12(21(15,19)20)9-17(13)11-6-3-7-11/h8-11H,2-7H2,1H3. The molecule has 0 spiro atoms. The summed E-state index contributed by atoms with van der Waals surface area (Å²) in [5, 5.41) is 0. The van der Waals surface area contributed by atoms with Gasteiger partial charge in [-0.1, -0.05) is 0 Å². The van der Waals surface area contributed by atoms with Crippen molar-refractivity contribution < 1.29 is 13.2 Å². The molecule has 1 aromatic heterocycles. The highest BCUT2D eigenvalue weighted by molar-refractivity contribution is 8.13. The van der Waals surface area contributed by atoms with Gasteiger partial charge in [-0.3, -0.25) is 4.79 Å². The van der Waals surface area contributed by atoms with Crippen molar-refractivity contribution in [2.75, 3.05) is 7.05 Å². The van der Waals surface area contributed by atoms with Crippen LogP contribution in [0.25, 0.3) is 0 Å². The molecule has 0 aromatic carbocycles. The molecule has 7 heteroatoms. The average molecular weight is 331 g/mol. The molecule has 3 rings (SSSR count). The van der Waals surface area contributed by atoms with Crippen LogP contribution < -0.4 is 0 Å². The summed E-state index contributed by atoms with van der Waals surface area (Å²) in [5.74, 6) is -0.113. The van der Waals surface area contributed by atoms with Gasteiger partial charge in [-0.05, 0) is 44.6 Å². The minimum atomic E-state index is -3.81. The zero-order valence-electron chi connectivity index (χ0n) is 12.0. The number of hydrogen-bond acceptors (Lipinski definition) is 3. The molecule has 1 amide bonds. The van der Waals surface area contributed by atoms with Crippen molar-refractivity contribution in [3.05, 3.63) is 18.0 Å². The molecule has 2 fully saturated rings. The third kappa shape index (κ3) is 2.71. The number of hydrogen-bond donors (Lipinski definition) is 0. The van der Waals surface area contributed by atoms with Gasteiger partial charge in [0, 0.05) is 36.0 Å². The van der Waals surface area contributed by atoms with Gasteiger partial charge in [0.1, 0.15) is 10.6 Å². The Morgan fingerprint density at radius 1 is 1.29 bits per heavy atom. The van der Waals surface area contributed by atoms with Gasteiger partial charge in [0.2, 0.25) is 0 Å². The van der Waals surface area contributed by atoms with Crippen molar-refractivity contribution in [3.8, 4) is 0 Å². The highest BCUT2D eigenvalue weighted by Crippen LogP contribution is 2.35. The third-order valence-corrected chi connectivity index (χ3v) is 6.06. The van der Waals surface area contributed by atoms with E-state index < -0.39 is 9.05 Å². The maximum Gasteiger partial charge on any atom is 0.270 e. The van der Waals surface area contributed by atoms with E-state index in [0.29, 0.717) is 5.69 Å². The lowest BCUT2D eigenvalue weighted by atomic mass is 9.91. The predicted molar refractivity (Wildman–Crippen MR) is 80.1 cm³/mol. The van der Waals surface area contributed by atoms with E-state index in [-0.39, 0.29) is 22.9 Å². The fraction of sp³-hybridized carbons (Fsp3) is 0.643. The van der Waals surface area contributed by atoms with Crippen LogP contribution in [0.1, 0.15) is 55.1 Å². The molecule has 0 N–H and O–H groups in total. The molecule has 2 aliphatic rings. The first-order valence-corrected chi connectivity index (χ1v) is 9.62. The number of carbonyl (C=O) groups is 1. The van der Waals surface area contributed by atoms with Gasteiger partial charge in [0.25, 0.3) is 15.0 Å². The lowest BCUT2D eigenvalue weighted by Gasteiger charge is -2.36. The van der Waals surface area contributed by atoms with Crippen LogP contribution in [0.2, 0.25) is 0 Å². The summed E-state index contributed by atoms with van der Waals surface area (Å²) in [6, 6.07) is 1.90. The van der Waals surface area contributed by atoms with Crippen molar-refractivity contribution in [2.24, 2.45) is 0 Å². The highest BCUT2D eigenvalue weighted by Gasteiger charge is 2.32. The lowest BCUT2D eigenvalue weighted by Crippen LogP contribution is -2.42. The van der Waals surface area contributed by atoms with E-state index in [4.69, 9.17) is 10.7 Å². The van der Waals surface area contributed by atoms with Crippen LogP contribution in [0.3, 0.4) is 0 Å². The van der Waals surface area contributed by atoms with Gasteiger partial charge in [-0.15, -0.1) is 0 Å². The van der Waals surface area contributed by atoms with E-state index in [2.05, 4.69) is 0 Å². The van der Waals surface area contributed by atoms with Crippen LogP contribution in [0.4, 0.5) is 0 Å². The monoisotopic (exact) mass is 330 g/mol. The first kappa shape index (κ1) is 14.9. The Kier molecular flexibility index (Phi) is 3.78. The summed E-state index contributed by atoms with van der Waals surface area (Å²) in [5.41, 5.74) is 0.438. The van der Waals surface area contributed by atoms with Crippen molar-refractivity contribution in [1.29, 1.82) is 0 Å². The Hall–Kier alpha value is -1.01. The predicted octanol–water partition coefficient (Wildman–Crippen LogP) is 2.77. The fourth-order valence-corrected chi connectivity index (χ4v) is 3.59. The number of aromatic nitrogens is 1. The second kappa shape index (κ2) is 5.32. The highest BCUT2D eigenvalue weighted by atomic mass is 35.7. The number of rotatable bonds is 4. The minimum Gasteiger partial charge on any atom is -0.339 e. The van der Waals surface area contributed by atoms with Crippen molar-refractivity contribution in [1.82, 2.24) is 9.47 Å². The minimum absolute atomic E-state index is 0.0152. The van der Waals surface area contributed by atoms with Crippen LogP contribution in [-0.2, 0) is 9.05 Å². The molecule has 0 saturated heterocycles. The molecule has 5 nitrogen and oxygen atoms in total. The molecule has 0 radical (unpaired) electrons. The molecule has 1 aromatic rings. The molecule has 116 valence electrons. The molecule has 0 unspecified atom stereocenters. The van der Waals surface area contributed by atoms with Crippen LogP contribution in [0.15, 0.2) is 17.2 Å². The molecular weight excluding hydrogens is 312 g/mol. The summed E-state index contributed by atoms with van der Waals surface area (Å²) in [7, 11) is 3.41. The zero-order valence-corrected chi connectivity index (χ0v) is 13.5. The Bertz CT molecular complexity index is 660. The summed E-state index contributed by atoms with van der Waals surface area (Å²) in [6.07, 6.45) is 7.76. The van der Waals surface area contributed by atoms with E-state index in [9.17, 15) is 13.2 Å². The maximum absolute atomic E-state index is 12.7. The van der Waals surface area contributed by atoms with Crippen molar-refractivity contribution in [2.45, 2.75) is 55.5 Å². The van der Waals surface area contributed by atoms with Gasteiger partial charge in [-0.2, -0.15) is 0 Å². The van der Waals surface area contributed by atoms with E-state index in [1.807, 2.05) is 0 Å². The first-order valence-electron chi connectivity index (χ1n) is 7.31. The molecule has 1 heterocycles. The van der Waals surface area contributed by atoms with E-state index in [0.717, 1.165) is 38.5 Å². The van der Waals surface area contributed by atoms with Gasteiger partial charge >= 0.3 is 0 Å². The Balaban J connectivity index is 1.95. The molecule has 0 aliphatic heterocycles. The molecule has 2 aliphatic carbocycles. The number of amides is 1. The largest absolute Gasteiger partial charge is 0.339 e. The second-order valence-electron chi connectivity index (χ2n) is 5.99. The smallest absolute Gasteiger partial charge is 0.270 e. The normalized spacial score (nSPS) is 19.9. The summed E-state index contributed by atoms with van der Waals surface area (Å²) < 4.78 is 24.9. The quantitative estimate of drug-likeness (QED) is 0.797. The lowest BCUT2D eigenvalue weighted by molar-refractivity contribution is 0.0635. The van der Waals surface area contributed by atoms with E-state index in [1.165, 1.54) is 12.3 Å². The Morgan fingerprint density at radius 3 is 2.33 bits per heavy atom. The Labute approximate surface area is 129 Å². The number of carbonyl (C=O) groups excluding carboxylic acids is 1. The SMILES string of the molecule is CN(C(=O)c1cc(S(=O)(=O)Cl)cn1C1CCC1)C1CCC1. The summed E-state index contributed by atoms with van der Waals surface area (Å²) in [6.45, 7) is 0. The van der Waals surface area contributed by atoms with E-state index >= 15 is 0 Å². The fourth-order valence-electron chi connectivity index (χ4n) is 2.85. The molecule has 21 heavy (non-hydrogen) atoms. The van der Waals surface area contributed by atoms with Crippen molar-refractivity contribution >= 4 is 25.6 Å². The molecular formula is C14H19ClN2O3S. The zero-order chi connectivity index (χ0) is 15.2. The van der Waals surface area contributed by atoms with Crippen LogP contribution >= 0.6 is 10.7 Å². The van der Waals surface area contributed by atoms with Crippen LogP contribution in [0.5, 0.6) is 0 Å². The van der Waals surface area contributed by atoms with Crippen LogP contribution in [0, 0.1) is 0 Å². The van der Waals surface area contributed by atoms with Crippen molar-refractivity contribution in [3.63, 3.8) is 0 Å². The first-order chi connectivity index (χ1) is 9.88. The summed E-state index contributed by atoms with van der Waals surface area (Å²) in [4.78, 5) is 14.4. The number of halogens is 1. The average Bonchev–Trinajstić information content (AvgIpc) is 2.67. The maximum atomic E-state index is 12.7. The van der Waals surface area contributed by atoms with Gasteiger partial charge in [-0.25, -0.2) is 8.42 Å². The molecule has 0 atom stereocenters. The van der Waals surface area contributed by atoms with E-state index in [1.54, 1.807) is 16.5 Å². The topological polar surface area (TPSA) is 59.4 Å². The molecule has 2 saturated carbocycles. The summed E-state index contributed by atoms with van der Waals surface area (Å²) >= 11 is 0. The molecule has 0 bridgehead atoms. The Morgan fingerprint density at radius 2 is 1.90 bits per heavy atom. The van der Waals surface area contributed by atoms with Gasteiger partial charge in [0.15, 0.2) is 0 Å². The second-order valence-corrected chi connectivity index (χ2v) is 8.56. The van der Waals surface area contributed by atoms with Gasteiger partial charge < -0.3 is 9.47 Å². The van der Waals surface area contributed by atoms with Gasteiger partial charge in [0.05, 0.1) is 0 Å². The third-order valence-electron chi connectivity index (χ3n) is 4.73. The van der Waals surface area contributed by atoms with Crippen LogP contribution in [-0.4, -0.2) is 36.9 Å².